The van der Waals surface area contributed by atoms with Crippen molar-refractivity contribution in [1.29, 1.82) is 0 Å². The van der Waals surface area contributed by atoms with Gasteiger partial charge in [-0.3, -0.25) is 4.79 Å². The minimum Gasteiger partial charge on any atom is -0.472 e. The summed E-state index contributed by atoms with van der Waals surface area (Å²) in [6.45, 7) is 5.33. The van der Waals surface area contributed by atoms with Crippen LogP contribution in [0.1, 0.15) is 23.7 Å². The fourth-order valence-electron chi connectivity index (χ4n) is 3.05. The molecule has 6 heteroatoms. The Morgan fingerprint density at radius 3 is 3.19 bits per heavy atom. The van der Waals surface area contributed by atoms with Crippen LogP contribution in [0.5, 0.6) is 0 Å². The van der Waals surface area contributed by atoms with E-state index in [0.29, 0.717) is 45.1 Å². The van der Waals surface area contributed by atoms with Gasteiger partial charge >= 0.3 is 0 Å². The molecule has 0 aromatic carbocycles. The molecule has 1 aromatic heterocycles. The fourth-order valence-corrected chi connectivity index (χ4v) is 3.05. The second-order valence-electron chi connectivity index (χ2n) is 5.54. The first-order valence-electron chi connectivity index (χ1n) is 7.36. The van der Waals surface area contributed by atoms with Crippen LogP contribution in [0.4, 0.5) is 0 Å². The van der Waals surface area contributed by atoms with Crippen molar-refractivity contribution in [2.24, 2.45) is 0 Å². The molecular formula is C15H21NO5. The first-order chi connectivity index (χ1) is 10.2. The number of hydrogen-bond acceptors (Lipinski definition) is 5. The molecule has 6 nitrogen and oxygen atoms in total. The number of furan rings is 1. The summed E-state index contributed by atoms with van der Waals surface area (Å²) in [4.78, 5) is 14.5. The Kier molecular flexibility index (Phi) is 4.28. The van der Waals surface area contributed by atoms with Gasteiger partial charge in [0, 0.05) is 19.6 Å². The van der Waals surface area contributed by atoms with Crippen LogP contribution in [0.15, 0.2) is 23.0 Å². The largest absolute Gasteiger partial charge is 0.472 e. The summed E-state index contributed by atoms with van der Waals surface area (Å²) in [5.74, 6) is -0.0206. The average molecular weight is 295 g/mol. The molecule has 0 N–H and O–H groups in total. The van der Waals surface area contributed by atoms with E-state index in [-0.39, 0.29) is 17.6 Å². The minimum atomic E-state index is -0.381. The average Bonchev–Trinajstić information content (AvgIpc) is 3.16. The lowest BCUT2D eigenvalue weighted by atomic mass is 9.92. The lowest BCUT2D eigenvalue weighted by Crippen LogP contribution is -2.59. The van der Waals surface area contributed by atoms with Gasteiger partial charge in [-0.2, -0.15) is 0 Å². The topological polar surface area (TPSA) is 61.1 Å². The lowest BCUT2D eigenvalue weighted by Gasteiger charge is -2.43. The van der Waals surface area contributed by atoms with Crippen LogP contribution in [0, 0.1) is 0 Å². The summed E-state index contributed by atoms with van der Waals surface area (Å²) in [5, 5.41) is 0. The van der Waals surface area contributed by atoms with Crippen LogP contribution in [-0.2, 0) is 14.2 Å². The van der Waals surface area contributed by atoms with E-state index in [1.807, 2.05) is 11.8 Å². The van der Waals surface area contributed by atoms with E-state index in [2.05, 4.69) is 0 Å². The number of rotatable bonds is 4. The zero-order chi connectivity index (χ0) is 14.7. The molecule has 0 unspecified atom stereocenters. The maximum atomic E-state index is 12.7. The Hall–Kier alpha value is -1.37. The molecule has 3 rings (SSSR count). The molecule has 0 radical (unpaired) electrons. The highest BCUT2D eigenvalue weighted by atomic mass is 16.5. The third-order valence-corrected chi connectivity index (χ3v) is 4.12. The maximum Gasteiger partial charge on any atom is 0.257 e. The monoisotopic (exact) mass is 295 g/mol. The Labute approximate surface area is 123 Å². The molecule has 116 valence electrons. The van der Waals surface area contributed by atoms with Crippen molar-refractivity contribution in [2.75, 3.05) is 39.6 Å². The highest BCUT2D eigenvalue weighted by Crippen LogP contribution is 2.34. The van der Waals surface area contributed by atoms with Crippen LogP contribution in [0.3, 0.4) is 0 Å². The summed E-state index contributed by atoms with van der Waals surface area (Å²) in [7, 11) is 0. The Balaban J connectivity index is 1.74. The number of hydrogen-bond donors (Lipinski definition) is 0. The standard InChI is InChI=1S/C15H21NO5/c1-2-18-9-13-7-15(11-21-13)10-20-6-4-16(15)14(17)12-3-5-19-8-12/h3,5,8,13H,2,4,6-7,9-11H2,1H3/t13-,15-/m0/s1. The minimum absolute atomic E-state index is 0.0197. The van der Waals surface area contributed by atoms with Gasteiger partial charge in [0.15, 0.2) is 0 Å². The van der Waals surface area contributed by atoms with E-state index in [0.717, 1.165) is 6.42 Å². The van der Waals surface area contributed by atoms with Crippen molar-refractivity contribution >= 4 is 5.91 Å². The van der Waals surface area contributed by atoms with Crippen molar-refractivity contribution in [3.8, 4) is 0 Å². The first kappa shape index (κ1) is 14.6. The Morgan fingerprint density at radius 1 is 1.52 bits per heavy atom. The summed E-state index contributed by atoms with van der Waals surface area (Å²) < 4.78 is 21.9. The normalized spacial score (nSPS) is 29.2. The maximum absolute atomic E-state index is 12.7. The quantitative estimate of drug-likeness (QED) is 0.838. The summed E-state index contributed by atoms with van der Waals surface area (Å²) in [6.07, 6.45) is 3.77. The predicted molar refractivity (Wildman–Crippen MR) is 74.1 cm³/mol. The van der Waals surface area contributed by atoms with Crippen LogP contribution in [-0.4, -0.2) is 62.0 Å². The summed E-state index contributed by atoms with van der Waals surface area (Å²) >= 11 is 0. The lowest BCUT2D eigenvalue weighted by molar-refractivity contribution is -0.0559. The van der Waals surface area contributed by atoms with Gasteiger partial charge in [-0.1, -0.05) is 0 Å². The second kappa shape index (κ2) is 6.17. The Bertz CT molecular complexity index is 474. The molecule has 0 saturated carbocycles. The summed E-state index contributed by atoms with van der Waals surface area (Å²) in [5.41, 5.74) is 0.193. The van der Waals surface area contributed by atoms with Gasteiger partial charge in [-0.15, -0.1) is 0 Å². The van der Waals surface area contributed by atoms with Crippen molar-refractivity contribution in [3.05, 3.63) is 24.2 Å². The van der Waals surface area contributed by atoms with E-state index in [1.165, 1.54) is 12.5 Å². The van der Waals surface area contributed by atoms with Crippen molar-refractivity contribution in [3.63, 3.8) is 0 Å². The third-order valence-electron chi connectivity index (χ3n) is 4.12. The fraction of sp³-hybridized carbons (Fsp3) is 0.667. The first-order valence-corrected chi connectivity index (χ1v) is 7.36. The zero-order valence-electron chi connectivity index (χ0n) is 12.2. The molecule has 1 amide bonds. The second-order valence-corrected chi connectivity index (χ2v) is 5.54. The van der Waals surface area contributed by atoms with Gasteiger partial charge in [-0.05, 0) is 13.0 Å². The van der Waals surface area contributed by atoms with Crippen LogP contribution >= 0.6 is 0 Å². The van der Waals surface area contributed by atoms with Gasteiger partial charge in [0.2, 0.25) is 0 Å². The van der Waals surface area contributed by atoms with Gasteiger partial charge in [0.1, 0.15) is 6.26 Å². The smallest absolute Gasteiger partial charge is 0.257 e. The molecule has 0 aliphatic carbocycles. The number of carbonyl (C=O) groups is 1. The Morgan fingerprint density at radius 2 is 2.43 bits per heavy atom. The molecular weight excluding hydrogens is 274 g/mol. The number of morpholine rings is 1. The van der Waals surface area contributed by atoms with Gasteiger partial charge < -0.3 is 23.5 Å². The molecule has 0 bridgehead atoms. The van der Waals surface area contributed by atoms with Crippen LogP contribution in [0.25, 0.3) is 0 Å². The van der Waals surface area contributed by atoms with Crippen LogP contribution in [0.2, 0.25) is 0 Å². The molecule has 2 fully saturated rings. The van der Waals surface area contributed by atoms with E-state index in [1.54, 1.807) is 6.07 Å². The number of ether oxygens (including phenoxy) is 3. The number of carbonyl (C=O) groups excluding carboxylic acids is 1. The molecule has 3 heterocycles. The summed E-state index contributed by atoms with van der Waals surface area (Å²) in [6, 6.07) is 1.69. The van der Waals surface area contributed by atoms with E-state index in [4.69, 9.17) is 18.6 Å². The van der Waals surface area contributed by atoms with Crippen molar-refractivity contribution in [1.82, 2.24) is 4.90 Å². The molecule has 2 aliphatic heterocycles. The highest BCUT2D eigenvalue weighted by molar-refractivity contribution is 5.94. The predicted octanol–water partition coefficient (Wildman–Crippen LogP) is 1.32. The number of nitrogens with zero attached hydrogens (tertiary/aromatic N) is 1. The molecule has 2 saturated heterocycles. The van der Waals surface area contributed by atoms with E-state index in [9.17, 15) is 4.79 Å². The number of amides is 1. The van der Waals surface area contributed by atoms with E-state index < -0.39 is 0 Å². The van der Waals surface area contributed by atoms with Gasteiger partial charge in [0.25, 0.3) is 5.91 Å². The molecule has 2 atom stereocenters. The molecule has 21 heavy (non-hydrogen) atoms. The SMILES string of the molecule is CCOC[C@@H]1C[C@]2(COCCN2C(=O)c2ccoc2)CO1. The van der Waals surface area contributed by atoms with Gasteiger partial charge in [0.05, 0.1) is 49.9 Å². The van der Waals surface area contributed by atoms with Gasteiger partial charge in [-0.25, -0.2) is 0 Å². The third kappa shape index (κ3) is 2.84. The van der Waals surface area contributed by atoms with Crippen LogP contribution < -0.4 is 0 Å². The molecule has 1 spiro atoms. The van der Waals surface area contributed by atoms with Crippen molar-refractivity contribution < 1.29 is 23.4 Å². The van der Waals surface area contributed by atoms with E-state index >= 15 is 0 Å². The molecule has 2 aliphatic rings. The highest BCUT2D eigenvalue weighted by Gasteiger charge is 2.49. The molecule has 1 aromatic rings. The van der Waals surface area contributed by atoms with Crippen molar-refractivity contribution in [2.45, 2.75) is 25.0 Å². The zero-order valence-corrected chi connectivity index (χ0v) is 12.2.